The van der Waals surface area contributed by atoms with Crippen molar-refractivity contribution in [3.8, 4) is 11.8 Å². The third-order valence-electron chi connectivity index (χ3n) is 5.85. The van der Waals surface area contributed by atoms with Crippen LogP contribution in [-0.2, 0) is 0 Å². The van der Waals surface area contributed by atoms with Crippen molar-refractivity contribution < 1.29 is 0 Å². The average molecular weight is 345 g/mol. The first-order chi connectivity index (χ1) is 12.7. The van der Waals surface area contributed by atoms with Crippen LogP contribution in [0.2, 0.25) is 0 Å². The van der Waals surface area contributed by atoms with Crippen LogP contribution >= 0.6 is 0 Å². The molecule has 1 atom stereocenters. The highest BCUT2D eigenvalue weighted by atomic mass is 15.0. The predicted octanol–water partition coefficient (Wildman–Crippen LogP) is 2.55. The van der Waals surface area contributed by atoms with Crippen LogP contribution < -0.4 is 10.6 Å². The normalized spacial score (nSPS) is 26.2. The minimum atomic E-state index is 0.193. The van der Waals surface area contributed by atoms with E-state index < -0.39 is 0 Å². The molecular weight excluding hydrogens is 322 g/mol. The molecule has 2 aliphatic heterocycles. The number of H-pyrrole nitrogens is 1. The van der Waals surface area contributed by atoms with Gasteiger partial charge in [0.25, 0.3) is 0 Å². The van der Waals surface area contributed by atoms with Crippen molar-refractivity contribution in [3.63, 3.8) is 0 Å². The molecule has 3 fully saturated rings. The van der Waals surface area contributed by atoms with Gasteiger partial charge < -0.3 is 21.0 Å². The molecule has 5 rings (SSSR count). The second kappa shape index (κ2) is 6.00. The van der Waals surface area contributed by atoms with E-state index in [1.54, 1.807) is 6.20 Å². The Balaban J connectivity index is 1.46. The first-order valence-electron chi connectivity index (χ1n) is 9.48. The van der Waals surface area contributed by atoms with Crippen LogP contribution in [0.5, 0.6) is 0 Å². The molecule has 2 aromatic rings. The fourth-order valence-electron chi connectivity index (χ4n) is 4.04. The van der Waals surface area contributed by atoms with E-state index in [1.807, 2.05) is 18.3 Å². The molecular formula is C21H23N5. The van der Waals surface area contributed by atoms with Crippen molar-refractivity contribution in [2.45, 2.75) is 25.7 Å². The van der Waals surface area contributed by atoms with E-state index in [-0.39, 0.29) is 5.41 Å². The number of hydrogen-bond donors (Lipinski definition) is 4. The number of aromatic amines is 1. The molecule has 1 saturated carbocycles. The maximum absolute atomic E-state index is 8.60. The standard InChI is InChI=1S/C21H23N5/c22-18(10-19-21(6-8-24-19)5-7-23-13-21)16-9-17-15(4-3-14-1-2-14)11-25-20(17)26-12-16/h9-12,14,22-24H,1-2,5-8,13H2,(H,25,26)/b19-10-,22-18?. The van der Waals surface area contributed by atoms with Crippen molar-refractivity contribution in [1.82, 2.24) is 20.6 Å². The number of allylic oxidation sites excluding steroid dienone is 1. The zero-order chi connectivity index (χ0) is 17.6. The summed E-state index contributed by atoms with van der Waals surface area (Å²) in [6.07, 6.45) is 10.5. The molecule has 3 aliphatic rings. The van der Waals surface area contributed by atoms with Gasteiger partial charge in [0, 0.05) is 53.5 Å². The number of nitrogens with one attached hydrogen (secondary N) is 4. The Morgan fingerprint density at radius 3 is 3.00 bits per heavy atom. The van der Waals surface area contributed by atoms with Crippen molar-refractivity contribution in [1.29, 1.82) is 5.41 Å². The number of rotatable bonds is 2. The number of fused-ring (bicyclic) bond motifs is 1. The number of pyridine rings is 1. The minimum Gasteiger partial charge on any atom is -0.388 e. The summed E-state index contributed by atoms with van der Waals surface area (Å²) in [6, 6.07) is 2.05. The van der Waals surface area contributed by atoms with Gasteiger partial charge >= 0.3 is 0 Å². The first-order valence-corrected chi connectivity index (χ1v) is 9.48. The van der Waals surface area contributed by atoms with E-state index in [9.17, 15) is 0 Å². The molecule has 1 aliphatic carbocycles. The van der Waals surface area contributed by atoms with Crippen molar-refractivity contribution in [2.24, 2.45) is 11.3 Å². The predicted molar refractivity (Wildman–Crippen MR) is 103 cm³/mol. The molecule has 26 heavy (non-hydrogen) atoms. The van der Waals surface area contributed by atoms with Gasteiger partial charge in [0.05, 0.1) is 11.3 Å². The van der Waals surface area contributed by atoms with E-state index in [2.05, 4.69) is 32.4 Å². The Kier molecular flexibility index (Phi) is 3.61. The summed E-state index contributed by atoms with van der Waals surface area (Å²) in [4.78, 5) is 7.69. The van der Waals surface area contributed by atoms with Crippen molar-refractivity contribution in [2.75, 3.05) is 19.6 Å². The van der Waals surface area contributed by atoms with Gasteiger partial charge in [-0.3, -0.25) is 0 Å². The topological polar surface area (TPSA) is 76.6 Å². The van der Waals surface area contributed by atoms with E-state index in [0.717, 1.165) is 54.6 Å². The number of nitrogens with zero attached hydrogens (tertiary/aromatic N) is 1. The molecule has 0 aromatic carbocycles. The van der Waals surface area contributed by atoms with Crippen molar-refractivity contribution in [3.05, 3.63) is 41.4 Å². The zero-order valence-corrected chi connectivity index (χ0v) is 14.8. The average Bonchev–Trinajstić information content (AvgIpc) is 3.06. The van der Waals surface area contributed by atoms with Gasteiger partial charge in [-0.05, 0) is 44.4 Å². The summed E-state index contributed by atoms with van der Waals surface area (Å²) in [6.45, 7) is 3.07. The highest BCUT2D eigenvalue weighted by molar-refractivity contribution is 6.08. The number of aromatic nitrogens is 2. The lowest BCUT2D eigenvalue weighted by Gasteiger charge is -2.22. The van der Waals surface area contributed by atoms with Crippen LogP contribution in [0.4, 0.5) is 0 Å². The summed E-state index contributed by atoms with van der Waals surface area (Å²) in [7, 11) is 0. The molecule has 0 bridgehead atoms. The van der Waals surface area contributed by atoms with E-state index in [1.165, 1.54) is 18.5 Å². The van der Waals surface area contributed by atoms with Gasteiger partial charge in [0.1, 0.15) is 5.65 Å². The van der Waals surface area contributed by atoms with Crippen molar-refractivity contribution >= 4 is 16.7 Å². The molecule has 1 spiro atoms. The fourth-order valence-corrected chi connectivity index (χ4v) is 4.04. The second-order valence-electron chi connectivity index (χ2n) is 7.72. The van der Waals surface area contributed by atoms with Crippen LogP contribution in [0.3, 0.4) is 0 Å². The summed E-state index contributed by atoms with van der Waals surface area (Å²) in [5.41, 5.74) is 4.57. The van der Waals surface area contributed by atoms with Gasteiger partial charge in [0.15, 0.2) is 0 Å². The van der Waals surface area contributed by atoms with Gasteiger partial charge in [-0.15, -0.1) is 0 Å². The van der Waals surface area contributed by atoms with Gasteiger partial charge in [0.2, 0.25) is 0 Å². The lowest BCUT2D eigenvalue weighted by molar-refractivity contribution is 0.416. The molecule has 5 heteroatoms. The molecule has 4 heterocycles. The van der Waals surface area contributed by atoms with E-state index in [4.69, 9.17) is 5.41 Å². The first kappa shape index (κ1) is 15.7. The van der Waals surface area contributed by atoms with Crippen LogP contribution in [-0.4, -0.2) is 35.3 Å². The molecule has 132 valence electrons. The second-order valence-corrected chi connectivity index (χ2v) is 7.72. The quantitative estimate of drug-likeness (QED) is 0.499. The van der Waals surface area contributed by atoms with Gasteiger partial charge in [-0.25, -0.2) is 4.98 Å². The maximum atomic E-state index is 8.60. The number of hydrogen-bond acceptors (Lipinski definition) is 4. The van der Waals surface area contributed by atoms with Crippen LogP contribution in [0, 0.1) is 28.6 Å². The van der Waals surface area contributed by atoms with Crippen LogP contribution in [0.1, 0.15) is 36.8 Å². The van der Waals surface area contributed by atoms with Crippen LogP contribution in [0.25, 0.3) is 11.0 Å². The van der Waals surface area contributed by atoms with Gasteiger partial charge in [-0.1, -0.05) is 11.8 Å². The maximum Gasteiger partial charge on any atom is 0.138 e. The van der Waals surface area contributed by atoms with Crippen LogP contribution in [0.15, 0.2) is 30.2 Å². The Bertz CT molecular complexity index is 956. The summed E-state index contributed by atoms with van der Waals surface area (Å²) in [5, 5.41) is 16.6. The summed E-state index contributed by atoms with van der Waals surface area (Å²) < 4.78 is 0. The van der Waals surface area contributed by atoms with E-state index >= 15 is 0 Å². The monoisotopic (exact) mass is 345 g/mol. The molecule has 4 N–H and O–H groups in total. The third-order valence-corrected chi connectivity index (χ3v) is 5.85. The SMILES string of the molecule is N=C(/C=C1\NCCC12CCNC2)c1cnc2[nH]cc(C#CC3CC3)c2c1. The minimum absolute atomic E-state index is 0.193. The zero-order valence-electron chi connectivity index (χ0n) is 14.8. The molecule has 5 nitrogen and oxygen atoms in total. The molecule has 0 radical (unpaired) electrons. The fraction of sp³-hybridized carbons (Fsp3) is 0.429. The van der Waals surface area contributed by atoms with E-state index in [0.29, 0.717) is 11.6 Å². The molecule has 2 aromatic heterocycles. The molecule has 1 unspecified atom stereocenters. The Labute approximate surface area is 153 Å². The smallest absolute Gasteiger partial charge is 0.138 e. The Morgan fingerprint density at radius 2 is 2.19 bits per heavy atom. The lowest BCUT2D eigenvalue weighted by atomic mass is 9.82. The highest BCUT2D eigenvalue weighted by Crippen LogP contribution is 2.40. The summed E-state index contributed by atoms with van der Waals surface area (Å²) >= 11 is 0. The lowest BCUT2D eigenvalue weighted by Crippen LogP contribution is -2.25. The molecule has 0 amide bonds. The Hall–Kier alpha value is -2.58. The highest BCUT2D eigenvalue weighted by Gasteiger charge is 2.41. The summed E-state index contributed by atoms with van der Waals surface area (Å²) in [5.74, 6) is 7.16. The Morgan fingerprint density at radius 1 is 1.31 bits per heavy atom. The van der Waals surface area contributed by atoms with Gasteiger partial charge in [-0.2, -0.15) is 0 Å². The third kappa shape index (κ3) is 2.71. The largest absolute Gasteiger partial charge is 0.388 e. The molecule has 2 saturated heterocycles.